The first-order valence-corrected chi connectivity index (χ1v) is 31.1. The molecule has 0 radical (unpaired) electrons. The number of aliphatic hydroxyl groups is 2. The Bertz CT molecular complexity index is 2090. The molecule has 0 aromatic carbocycles. The summed E-state index contributed by atoms with van der Waals surface area (Å²) in [6.45, 7) is 5.59. The second-order valence-corrected chi connectivity index (χ2v) is 20.2. The summed E-state index contributed by atoms with van der Waals surface area (Å²) in [5, 5.41) is 31.5. The van der Waals surface area contributed by atoms with Crippen LogP contribution < -0.4 is 0 Å². The second-order valence-electron chi connectivity index (χ2n) is 20.2. The third-order valence-electron chi connectivity index (χ3n) is 12.8. The van der Waals surface area contributed by atoms with Gasteiger partial charge in [-0.1, -0.05) is 223 Å². The highest BCUT2D eigenvalue weighted by molar-refractivity contribution is 5.74. The first kappa shape index (κ1) is 75.1. The predicted molar refractivity (Wildman–Crippen MR) is 339 cm³/mol. The van der Waals surface area contributed by atoms with E-state index in [-0.39, 0.29) is 19.3 Å². The summed E-state index contributed by atoms with van der Waals surface area (Å²) >= 11 is 0. The lowest BCUT2D eigenvalue weighted by atomic mass is 9.98. The van der Waals surface area contributed by atoms with Crippen LogP contribution in [-0.4, -0.2) is 89.2 Å². The molecule has 3 N–H and O–H groups in total. The van der Waals surface area contributed by atoms with Crippen LogP contribution in [0.5, 0.6) is 0 Å². The van der Waals surface area contributed by atoms with E-state index in [2.05, 4.69) is 167 Å². The van der Waals surface area contributed by atoms with E-state index >= 15 is 0 Å². The highest BCUT2D eigenvalue weighted by atomic mass is 16.7. The molecule has 1 fully saturated rings. The normalized spacial score (nSPS) is 18.8. The van der Waals surface area contributed by atoms with Gasteiger partial charge in [0.1, 0.15) is 18.8 Å². The minimum Gasteiger partial charge on any atom is -0.479 e. The third-order valence-corrected chi connectivity index (χ3v) is 12.8. The van der Waals surface area contributed by atoms with Gasteiger partial charge in [-0.2, -0.15) is 0 Å². The summed E-state index contributed by atoms with van der Waals surface area (Å²) in [6, 6.07) is 0. The van der Waals surface area contributed by atoms with E-state index in [0.717, 1.165) is 109 Å². The SMILES string of the molecule is CC/C=C\C/C=C\C/C=C\C/C=C\C/C=C\C/C=C\CCC(=O)OCC(COC1OC(C(=O)O)C(O)C(O)C1OC(=O)CCCCCCC/C=C\C/C=C\CCCCC)OC(=O)CC/C=C\C/C=C\C/C=C\C/C=C\C/C=C\C/C=C\CC. The van der Waals surface area contributed by atoms with Gasteiger partial charge in [-0.25, -0.2) is 4.79 Å². The zero-order valence-corrected chi connectivity index (χ0v) is 50.9. The van der Waals surface area contributed by atoms with Crippen LogP contribution in [0.4, 0.5) is 0 Å². The molecule has 1 heterocycles. The molecule has 1 saturated heterocycles. The molecular formula is C71H106O12. The number of allylic oxidation sites excluding steroid dienone is 28. The molecule has 6 atom stereocenters. The zero-order chi connectivity index (χ0) is 60.3. The Balaban J connectivity index is 2.80. The van der Waals surface area contributed by atoms with Crippen LogP contribution in [0, 0.1) is 0 Å². The monoisotopic (exact) mass is 1150 g/mol. The van der Waals surface area contributed by atoms with E-state index in [4.69, 9.17) is 23.7 Å². The molecule has 12 heteroatoms. The maximum Gasteiger partial charge on any atom is 0.335 e. The van der Waals surface area contributed by atoms with Gasteiger partial charge in [-0.05, 0) is 128 Å². The van der Waals surface area contributed by atoms with E-state index in [1.165, 1.54) is 19.3 Å². The molecule has 0 spiro atoms. The summed E-state index contributed by atoms with van der Waals surface area (Å²) < 4.78 is 28.3. The molecule has 0 bridgehead atoms. The molecule has 12 nitrogen and oxygen atoms in total. The average Bonchev–Trinajstić information content (AvgIpc) is 3.58. The number of rotatable bonds is 50. The Kier molecular flexibility index (Phi) is 51.2. The molecule has 1 aliphatic rings. The Labute approximate surface area is 500 Å². The number of aliphatic carboxylic acids is 1. The van der Waals surface area contributed by atoms with Gasteiger partial charge in [-0.15, -0.1) is 0 Å². The van der Waals surface area contributed by atoms with Gasteiger partial charge in [0.05, 0.1) is 6.61 Å². The number of hydrogen-bond donors (Lipinski definition) is 3. The van der Waals surface area contributed by atoms with Gasteiger partial charge in [-0.3, -0.25) is 14.4 Å². The van der Waals surface area contributed by atoms with Gasteiger partial charge in [0, 0.05) is 19.3 Å². The lowest BCUT2D eigenvalue weighted by Gasteiger charge is -2.40. The van der Waals surface area contributed by atoms with E-state index in [0.29, 0.717) is 32.1 Å². The van der Waals surface area contributed by atoms with E-state index in [1.54, 1.807) is 0 Å². The molecule has 0 amide bonds. The summed E-state index contributed by atoms with van der Waals surface area (Å²) in [4.78, 5) is 51.2. The molecule has 6 unspecified atom stereocenters. The maximum atomic E-state index is 13.2. The number of aliphatic hydroxyl groups excluding tert-OH is 2. The average molecular weight is 1150 g/mol. The molecular weight excluding hydrogens is 1040 g/mol. The fraction of sp³-hybridized carbons (Fsp3) is 0.549. The quantitative estimate of drug-likeness (QED) is 0.0228. The van der Waals surface area contributed by atoms with Crippen LogP contribution in [-0.2, 0) is 42.9 Å². The van der Waals surface area contributed by atoms with Crippen LogP contribution in [0.25, 0.3) is 0 Å². The number of carboxylic acids is 1. The topological polar surface area (TPSA) is 175 Å². The molecule has 1 rings (SSSR count). The number of ether oxygens (including phenoxy) is 5. The largest absolute Gasteiger partial charge is 0.479 e. The summed E-state index contributed by atoms with van der Waals surface area (Å²) in [5.74, 6) is -3.40. The van der Waals surface area contributed by atoms with Crippen molar-refractivity contribution in [3.05, 3.63) is 170 Å². The van der Waals surface area contributed by atoms with Crippen molar-refractivity contribution in [2.45, 2.75) is 237 Å². The lowest BCUT2D eigenvalue weighted by Crippen LogP contribution is -2.61. The Morgan fingerprint density at radius 1 is 0.410 bits per heavy atom. The maximum absolute atomic E-state index is 13.2. The van der Waals surface area contributed by atoms with Gasteiger partial charge in [0.15, 0.2) is 24.6 Å². The van der Waals surface area contributed by atoms with Gasteiger partial charge >= 0.3 is 23.9 Å². The number of carboxylic acid groups (broad SMARTS) is 1. The van der Waals surface area contributed by atoms with Gasteiger partial charge < -0.3 is 39.0 Å². The van der Waals surface area contributed by atoms with E-state index in [1.807, 2.05) is 24.3 Å². The highest BCUT2D eigenvalue weighted by Gasteiger charge is 2.50. The van der Waals surface area contributed by atoms with Crippen molar-refractivity contribution in [2.24, 2.45) is 0 Å². The Morgan fingerprint density at radius 2 is 0.783 bits per heavy atom. The lowest BCUT2D eigenvalue weighted by molar-refractivity contribution is -0.301. The third kappa shape index (κ3) is 46.2. The minimum atomic E-state index is -1.94. The van der Waals surface area contributed by atoms with Crippen LogP contribution in [0.3, 0.4) is 0 Å². The van der Waals surface area contributed by atoms with Crippen LogP contribution >= 0.6 is 0 Å². The summed E-state index contributed by atoms with van der Waals surface area (Å²) in [6.07, 6.45) is 72.0. The van der Waals surface area contributed by atoms with Crippen LogP contribution in [0.1, 0.15) is 201 Å². The van der Waals surface area contributed by atoms with E-state index < -0.39 is 73.9 Å². The number of unbranched alkanes of at least 4 members (excludes halogenated alkanes) is 8. The van der Waals surface area contributed by atoms with Crippen molar-refractivity contribution in [1.29, 1.82) is 0 Å². The minimum absolute atomic E-state index is 0.00955. The van der Waals surface area contributed by atoms with E-state index in [9.17, 15) is 34.5 Å². The second kappa shape index (κ2) is 56.6. The number of carbonyl (C=O) groups excluding carboxylic acids is 3. The number of hydrogen-bond acceptors (Lipinski definition) is 11. The van der Waals surface area contributed by atoms with Crippen molar-refractivity contribution in [3.63, 3.8) is 0 Å². The van der Waals surface area contributed by atoms with Crippen molar-refractivity contribution >= 4 is 23.9 Å². The smallest absolute Gasteiger partial charge is 0.335 e. The molecule has 0 aromatic rings. The molecule has 83 heavy (non-hydrogen) atoms. The first-order valence-electron chi connectivity index (χ1n) is 31.1. The number of esters is 3. The van der Waals surface area contributed by atoms with Crippen molar-refractivity contribution in [3.8, 4) is 0 Å². The summed E-state index contributed by atoms with van der Waals surface area (Å²) in [5.41, 5.74) is 0. The van der Waals surface area contributed by atoms with Gasteiger partial charge in [0.2, 0.25) is 0 Å². The Morgan fingerprint density at radius 3 is 1.20 bits per heavy atom. The zero-order valence-electron chi connectivity index (χ0n) is 50.9. The Hall–Kier alpha value is -5.92. The van der Waals surface area contributed by atoms with Crippen LogP contribution in [0.15, 0.2) is 170 Å². The molecule has 0 aromatic heterocycles. The van der Waals surface area contributed by atoms with Crippen molar-refractivity contribution < 1.29 is 58.2 Å². The standard InChI is InChI=1S/C71H106O12/c1-4-7-10-13-16-19-22-25-28-30-32-34-37-39-42-45-48-51-54-57-63(72)79-60-62(81-64(73)58-55-52-49-46-43-41-38-35-33-31-29-26-23-20-17-14-11-8-5-2)61-80-71-69(67(76)66(75)68(83-71)70(77)78)82-65(74)59-56-53-50-47-44-40-36-27-24-21-18-15-12-9-6-3/h7-8,10-11,16-21,25-29,32-36,39,41-43,48-49,51-52,62,66-69,71,75-76H,4-6,9,12-15,22-24,30-31,37-38,40,44-47,50,53-61H2,1-3H3,(H,77,78)/b10-7-,11-8-,19-16-,20-17-,21-18-,28-25-,29-26-,34-32-,35-33-,36-27-,42-39-,43-41-,51-48-,52-49-. The van der Waals surface area contributed by atoms with Crippen molar-refractivity contribution in [1.82, 2.24) is 0 Å². The fourth-order valence-electron chi connectivity index (χ4n) is 8.09. The van der Waals surface area contributed by atoms with Crippen LogP contribution in [0.2, 0.25) is 0 Å². The molecule has 1 aliphatic heterocycles. The van der Waals surface area contributed by atoms with Gasteiger partial charge in [0.25, 0.3) is 0 Å². The fourth-order valence-corrected chi connectivity index (χ4v) is 8.09. The first-order chi connectivity index (χ1) is 40.6. The number of carbonyl (C=O) groups is 4. The molecule has 0 saturated carbocycles. The predicted octanol–water partition coefficient (Wildman–Crippen LogP) is 16.7. The summed E-state index contributed by atoms with van der Waals surface area (Å²) in [7, 11) is 0. The van der Waals surface area contributed by atoms with Crippen molar-refractivity contribution in [2.75, 3.05) is 13.2 Å². The molecule has 462 valence electrons. The highest BCUT2D eigenvalue weighted by Crippen LogP contribution is 2.26. The molecule has 0 aliphatic carbocycles.